The number of hydrogen-bond donors (Lipinski definition) is 2. The first-order valence-corrected chi connectivity index (χ1v) is 7.34. The standard InChI is InChI=1S/C15H10Cl3NO2/c16-10-2-1-7(4-12(10)18)15(21)9-3-8-5-14(20)19-13(8)6-11(9)17/h1-4,6,15,21H,5H2,(H,19,20). The van der Waals surface area contributed by atoms with Crippen LogP contribution in [0.2, 0.25) is 15.1 Å². The highest BCUT2D eigenvalue weighted by Gasteiger charge is 2.23. The van der Waals surface area contributed by atoms with Gasteiger partial charge in [-0.2, -0.15) is 0 Å². The number of aliphatic hydroxyl groups is 1. The van der Waals surface area contributed by atoms with Gasteiger partial charge in [-0.05, 0) is 35.4 Å². The minimum atomic E-state index is -0.937. The second-order valence-electron chi connectivity index (χ2n) is 4.83. The van der Waals surface area contributed by atoms with Crippen LogP contribution >= 0.6 is 34.8 Å². The van der Waals surface area contributed by atoms with Crippen molar-refractivity contribution < 1.29 is 9.90 Å². The van der Waals surface area contributed by atoms with Gasteiger partial charge in [0.05, 0.1) is 16.5 Å². The Labute approximate surface area is 136 Å². The van der Waals surface area contributed by atoms with E-state index < -0.39 is 6.10 Å². The molecule has 0 fully saturated rings. The predicted octanol–water partition coefficient (Wildman–Crippen LogP) is 4.22. The SMILES string of the molecule is O=C1Cc2cc(C(O)c3ccc(Cl)c(Cl)c3)c(Cl)cc2N1. The second kappa shape index (κ2) is 5.50. The fraction of sp³-hybridized carbons (Fsp3) is 0.133. The fourth-order valence-corrected chi connectivity index (χ4v) is 2.91. The van der Waals surface area contributed by atoms with Crippen LogP contribution < -0.4 is 5.32 Å². The van der Waals surface area contributed by atoms with Crippen LogP contribution in [0.3, 0.4) is 0 Å². The van der Waals surface area contributed by atoms with E-state index in [0.717, 1.165) is 5.56 Å². The molecule has 1 amide bonds. The average molecular weight is 343 g/mol. The molecule has 3 rings (SSSR count). The van der Waals surface area contributed by atoms with Gasteiger partial charge in [-0.25, -0.2) is 0 Å². The number of rotatable bonds is 2. The van der Waals surface area contributed by atoms with Gasteiger partial charge in [-0.15, -0.1) is 0 Å². The van der Waals surface area contributed by atoms with E-state index in [2.05, 4.69) is 5.32 Å². The first kappa shape index (κ1) is 14.7. The Morgan fingerprint density at radius 3 is 2.52 bits per heavy atom. The van der Waals surface area contributed by atoms with Gasteiger partial charge < -0.3 is 10.4 Å². The number of nitrogens with one attached hydrogen (secondary N) is 1. The smallest absolute Gasteiger partial charge is 0.228 e. The topological polar surface area (TPSA) is 49.3 Å². The van der Waals surface area contributed by atoms with E-state index in [1.807, 2.05) is 0 Å². The average Bonchev–Trinajstić information content (AvgIpc) is 2.79. The third-order valence-corrected chi connectivity index (χ3v) is 4.47. The van der Waals surface area contributed by atoms with Gasteiger partial charge in [-0.1, -0.05) is 40.9 Å². The monoisotopic (exact) mass is 341 g/mol. The van der Waals surface area contributed by atoms with Crippen molar-refractivity contribution in [1.29, 1.82) is 0 Å². The van der Waals surface area contributed by atoms with E-state index in [-0.39, 0.29) is 12.3 Å². The van der Waals surface area contributed by atoms with Crippen molar-refractivity contribution in [2.24, 2.45) is 0 Å². The van der Waals surface area contributed by atoms with E-state index in [0.29, 0.717) is 31.9 Å². The molecule has 21 heavy (non-hydrogen) atoms. The largest absolute Gasteiger partial charge is 0.384 e. The van der Waals surface area contributed by atoms with Crippen molar-refractivity contribution in [2.45, 2.75) is 12.5 Å². The lowest BCUT2D eigenvalue weighted by Crippen LogP contribution is -2.03. The molecule has 1 unspecified atom stereocenters. The van der Waals surface area contributed by atoms with Crippen molar-refractivity contribution in [2.75, 3.05) is 5.32 Å². The molecular weight excluding hydrogens is 333 g/mol. The van der Waals surface area contributed by atoms with Gasteiger partial charge in [0.1, 0.15) is 6.10 Å². The predicted molar refractivity (Wildman–Crippen MR) is 84.3 cm³/mol. The Hall–Kier alpha value is -1.26. The summed E-state index contributed by atoms with van der Waals surface area (Å²) >= 11 is 18.0. The number of carbonyl (C=O) groups excluding carboxylic acids is 1. The van der Waals surface area contributed by atoms with Crippen molar-refractivity contribution in [3.05, 3.63) is 62.1 Å². The number of carbonyl (C=O) groups is 1. The van der Waals surface area contributed by atoms with E-state index in [9.17, 15) is 9.90 Å². The number of hydrogen-bond acceptors (Lipinski definition) is 2. The molecule has 2 aromatic rings. The summed E-state index contributed by atoms with van der Waals surface area (Å²) < 4.78 is 0. The maximum absolute atomic E-state index is 11.4. The quantitative estimate of drug-likeness (QED) is 0.858. The highest BCUT2D eigenvalue weighted by Crippen LogP contribution is 2.36. The molecule has 0 saturated heterocycles. The molecule has 1 atom stereocenters. The molecule has 108 valence electrons. The Morgan fingerprint density at radius 1 is 1.05 bits per heavy atom. The summed E-state index contributed by atoms with van der Waals surface area (Å²) in [6.07, 6.45) is -0.651. The molecule has 0 aliphatic carbocycles. The summed E-state index contributed by atoms with van der Waals surface area (Å²) in [5.74, 6) is -0.0813. The normalized spacial score (nSPS) is 14.8. The van der Waals surface area contributed by atoms with Gasteiger partial charge in [0.2, 0.25) is 5.91 Å². The third kappa shape index (κ3) is 2.74. The minimum absolute atomic E-state index is 0.0813. The maximum atomic E-state index is 11.4. The van der Waals surface area contributed by atoms with Crippen LogP contribution in [0.15, 0.2) is 30.3 Å². The lowest BCUT2D eigenvalue weighted by atomic mass is 9.98. The molecule has 1 aliphatic heterocycles. The van der Waals surface area contributed by atoms with E-state index in [1.165, 1.54) is 0 Å². The zero-order valence-electron chi connectivity index (χ0n) is 10.7. The van der Waals surface area contributed by atoms with Gasteiger partial charge >= 0.3 is 0 Å². The first-order valence-electron chi connectivity index (χ1n) is 6.21. The van der Waals surface area contributed by atoms with Gasteiger partial charge in [-0.3, -0.25) is 4.79 Å². The lowest BCUT2D eigenvalue weighted by Gasteiger charge is -2.15. The van der Waals surface area contributed by atoms with Crippen LogP contribution in [0, 0.1) is 0 Å². The third-order valence-electron chi connectivity index (χ3n) is 3.40. The fourth-order valence-electron chi connectivity index (χ4n) is 2.34. The van der Waals surface area contributed by atoms with Crippen molar-refractivity contribution in [3.63, 3.8) is 0 Å². The summed E-state index contributed by atoms with van der Waals surface area (Å²) in [4.78, 5) is 11.4. The Kier molecular flexibility index (Phi) is 3.84. The Bertz CT molecular complexity index is 746. The molecular formula is C15H10Cl3NO2. The molecule has 2 aromatic carbocycles. The molecule has 1 aliphatic rings. The zero-order valence-corrected chi connectivity index (χ0v) is 12.9. The summed E-state index contributed by atoms with van der Waals surface area (Å²) in [6, 6.07) is 8.29. The molecule has 0 saturated carbocycles. The molecule has 1 heterocycles. The van der Waals surface area contributed by atoms with E-state index in [4.69, 9.17) is 34.8 Å². The van der Waals surface area contributed by atoms with Crippen molar-refractivity contribution in [1.82, 2.24) is 0 Å². The molecule has 0 bridgehead atoms. The number of aliphatic hydroxyl groups excluding tert-OH is 1. The first-order chi connectivity index (χ1) is 9.95. The summed E-state index contributed by atoms with van der Waals surface area (Å²) in [7, 11) is 0. The highest BCUT2D eigenvalue weighted by molar-refractivity contribution is 6.42. The number of fused-ring (bicyclic) bond motifs is 1. The van der Waals surface area contributed by atoms with Crippen LogP contribution in [0.1, 0.15) is 22.8 Å². The van der Waals surface area contributed by atoms with Gasteiger partial charge in [0.25, 0.3) is 0 Å². The molecule has 6 heteroatoms. The molecule has 0 radical (unpaired) electrons. The van der Waals surface area contributed by atoms with Gasteiger partial charge in [0, 0.05) is 16.3 Å². The molecule has 0 aromatic heterocycles. The second-order valence-corrected chi connectivity index (χ2v) is 6.05. The lowest BCUT2D eigenvalue weighted by molar-refractivity contribution is -0.115. The van der Waals surface area contributed by atoms with E-state index in [1.54, 1.807) is 30.3 Å². The van der Waals surface area contributed by atoms with Crippen molar-refractivity contribution in [3.8, 4) is 0 Å². The minimum Gasteiger partial charge on any atom is -0.384 e. The maximum Gasteiger partial charge on any atom is 0.228 e. The number of amides is 1. The molecule has 2 N–H and O–H groups in total. The van der Waals surface area contributed by atoms with Crippen LogP contribution in [-0.2, 0) is 11.2 Å². The van der Waals surface area contributed by atoms with Gasteiger partial charge in [0.15, 0.2) is 0 Å². The Balaban J connectivity index is 2.02. The zero-order chi connectivity index (χ0) is 15.1. The number of benzene rings is 2. The van der Waals surface area contributed by atoms with Crippen LogP contribution in [0.4, 0.5) is 5.69 Å². The highest BCUT2D eigenvalue weighted by atomic mass is 35.5. The summed E-state index contributed by atoms with van der Waals surface area (Å²) in [5, 5.41) is 14.4. The van der Waals surface area contributed by atoms with Crippen LogP contribution in [0.25, 0.3) is 0 Å². The van der Waals surface area contributed by atoms with Crippen LogP contribution in [-0.4, -0.2) is 11.0 Å². The summed E-state index contributed by atoms with van der Waals surface area (Å²) in [6.45, 7) is 0. The van der Waals surface area contributed by atoms with E-state index >= 15 is 0 Å². The number of anilines is 1. The Morgan fingerprint density at radius 2 is 1.81 bits per heavy atom. The number of halogens is 3. The van der Waals surface area contributed by atoms with Crippen LogP contribution in [0.5, 0.6) is 0 Å². The molecule has 0 spiro atoms. The van der Waals surface area contributed by atoms with Crippen molar-refractivity contribution >= 4 is 46.4 Å². The summed E-state index contributed by atoms with van der Waals surface area (Å²) in [5.41, 5.74) is 2.63. The molecule has 3 nitrogen and oxygen atoms in total.